The zero-order chi connectivity index (χ0) is 14.3. The Kier molecular flexibility index (Phi) is 6.45. The van der Waals surface area contributed by atoms with Gasteiger partial charge in [-0.1, -0.05) is 29.3 Å². The van der Waals surface area contributed by atoms with E-state index in [-0.39, 0.29) is 25.5 Å². The molecule has 1 amide bonds. The second kappa shape index (κ2) is 7.86. The van der Waals surface area contributed by atoms with Gasteiger partial charge in [0, 0.05) is 0 Å². The zero-order valence-corrected chi connectivity index (χ0v) is 11.8. The monoisotopic (exact) mass is 305 g/mol. The smallest absolute Gasteiger partial charge is 0.325 e. The van der Waals surface area contributed by atoms with Gasteiger partial charge in [0.15, 0.2) is 0 Å². The van der Waals surface area contributed by atoms with Gasteiger partial charge in [0.05, 0.1) is 25.2 Å². The van der Waals surface area contributed by atoms with E-state index in [1.165, 1.54) is 7.11 Å². The molecule has 19 heavy (non-hydrogen) atoms. The Bertz CT molecular complexity index is 465. The maximum atomic E-state index is 11.3. The van der Waals surface area contributed by atoms with E-state index >= 15 is 0 Å². The predicted octanol–water partition coefficient (Wildman–Crippen LogP) is 2.05. The summed E-state index contributed by atoms with van der Waals surface area (Å²) >= 11 is 11.7. The largest absolute Gasteiger partial charge is 0.491 e. The molecule has 1 rings (SSSR count). The van der Waals surface area contributed by atoms with Gasteiger partial charge in [-0.05, 0) is 12.1 Å². The molecule has 0 spiro atoms. The molecule has 7 heteroatoms. The molecule has 5 nitrogen and oxygen atoms in total. The fourth-order valence-electron chi connectivity index (χ4n) is 1.18. The van der Waals surface area contributed by atoms with E-state index in [0.717, 1.165) is 0 Å². The zero-order valence-electron chi connectivity index (χ0n) is 10.2. The predicted molar refractivity (Wildman–Crippen MR) is 71.6 cm³/mol. The standard InChI is InChI=1S/C12H13Cl2NO4/c1-18-11(17)7-15-10(16)5-6-19-9-4-2-3-8(13)12(9)14/h2-4H,5-7H2,1H3,(H,15,16). The quantitative estimate of drug-likeness (QED) is 0.817. The molecule has 1 aromatic rings. The number of methoxy groups -OCH3 is 1. The van der Waals surface area contributed by atoms with E-state index < -0.39 is 5.97 Å². The van der Waals surface area contributed by atoms with Crippen LogP contribution in [0.5, 0.6) is 5.75 Å². The molecular weight excluding hydrogens is 293 g/mol. The van der Waals surface area contributed by atoms with Crippen LogP contribution in [0, 0.1) is 0 Å². The number of benzene rings is 1. The number of esters is 1. The first kappa shape index (κ1) is 15.6. The fourth-order valence-corrected chi connectivity index (χ4v) is 1.53. The molecule has 0 saturated heterocycles. The average molecular weight is 306 g/mol. The Labute approximate surface area is 120 Å². The van der Waals surface area contributed by atoms with Gasteiger partial charge in [-0.25, -0.2) is 0 Å². The molecule has 0 aliphatic rings. The number of carbonyl (C=O) groups is 2. The van der Waals surface area contributed by atoms with Gasteiger partial charge in [0.1, 0.15) is 17.3 Å². The van der Waals surface area contributed by atoms with Crippen LogP contribution in [0.25, 0.3) is 0 Å². The average Bonchev–Trinajstić information content (AvgIpc) is 2.40. The molecule has 1 aromatic carbocycles. The van der Waals surface area contributed by atoms with Crippen LogP contribution >= 0.6 is 23.2 Å². The molecule has 0 unspecified atom stereocenters. The minimum Gasteiger partial charge on any atom is -0.491 e. The molecule has 0 aliphatic heterocycles. The molecule has 104 valence electrons. The van der Waals surface area contributed by atoms with Crippen LogP contribution in [0.1, 0.15) is 6.42 Å². The third-order valence-electron chi connectivity index (χ3n) is 2.16. The van der Waals surface area contributed by atoms with Gasteiger partial charge < -0.3 is 14.8 Å². The second-order valence-electron chi connectivity index (χ2n) is 3.50. The van der Waals surface area contributed by atoms with Gasteiger partial charge in [-0.2, -0.15) is 0 Å². The van der Waals surface area contributed by atoms with Crippen LogP contribution in [0.15, 0.2) is 18.2 Å². The van der Waals surface area contributed by atoms with Gasteiger partial charge in [-0.15, -0.1) is 0 Å². The van der Waals surface area contributed by atoms with Crippen molar-refractivity contribution >= 4 is 35.1 Å². The summed E-state index contributed by atoms with van der Waals surface area (Å²) in [5, 5.41) is 3.08. The SMILES string of the molecule is COC(=O)CNC(=O)CCOc1cccc(Cl)c1Cl. The van der Waals surface area contributed by atoms with Crippen LogP contribution in [-0.2, 0) is 14.3 Å². The summed E-state index contributed by atoms with van der Waals surface area (Å²) in [5.74, 6) is -0.411. The molecule has 0 atom stereocenters. The lowest BCUT2D eigenvalue weighted by atomic mass is 10.3. The Morgan fingerprint density at radius 3 is 2.74 bits per heavy atom. The van der Waals surface area contributed by atoms with Crippen LogP contribution in [0.3, 0.4) is 0 Å². The van der Waals surface area contributed by atoms with Gasteiger partial charge in [-0.3, -0.25) is 9.59 Å². The highest BCUT2D eigenvalue weighted by Crippen LogP contribution is 2.31. The molecule has 0 aliphatic carbocycles. The normalized spacial score (nSPS) is 9.84. The second-order valence-corrected chi connectivity index (χ2v) is 4.29. The van der Waals surface area contributed by atoms with Crippen molar-refractivity contribution in [3.63, 3.8) is 0 Å². The number of amides is 1. The van der Waals surface area contributed by atoms with Gasteiger partial charge >= 0.3 is 5.97 Å². The van der Waals surface area contributed by atoms with Crippen molar-refractivity contribution in [1.82, 2.24) is 5.32 Å². The van der Waals surface area contributed by atoms with Gasteiger partial charge in [0.2, 0.25) is 5.91 Å². The first-order valence-electron chi connectivity index (χ1n) is 5.45. The highest BCUT2D eigenvalue weighted by molar-refractivity contribution is 6.42. The van der Waals surface area contributed by atoms with E-state index in [1.54, 1.807) is 18.2 Å². The third-order valence-corrected chi connectivity index (χ3v) is 2.96. The Balaban J connectivity index is 2.32. The van der Waals surface area contributed by atoms with E-state index in [2.05, 4.69) is 10.1 Å². The molecule has 0 heterocycles. The van der Waals surface area contributed by atoms with Crippen molar-refractivity contribution in [3.8, 4) is 5.75 Å². The third kappa shape index (κ3) is 5.36. The molecule has 0 radical (unpaired) electrons. The minimum atomic E-state index is -0.507. The molecule has 1 N–H and O–H groups in total. The number of carbonyl (C=O) groups excluding carboxylic acids is 2. The maximum Gasteiger partial charge on any atom is 0.325 e. The number of hydrogen-bond donors (Lipinski definition) is 1. The number of rotatable bonds is 6. The lowest BCUT2D eigenvalue weighted by molar-refractivity contribution is -0.141. The van der Waals surface area contributed by atoms with Crippen LogP contribution in [0.2, 0.25) is 10.0 Å². The fraction of sp³-hybridized carbons (Fsp3) is 0.333. The van der Waals surface area contributed by atoms with E-state index in [9.17, 15) is 9.59 Å². The summed E-state index contributed by atoms with van der Waals surface area (Å²) in [6.45, 7) is -0.0275. The first-order chi connectivity index (χ1) is 9.04. The summed E-state index contributed by atoms with van der Waals surface area (Å²) in [4.78, 5) is 22.1. The molecular formula is C12H13Cl2NO4. The summed E-state index contributed by atoms with van der Waals surface area (Å²) in [6, 6.07) is 4.99. The summed E-state index contributed by atoms with van der Waals surface area (Å²) in [5.41, 5.74) is 0. The number of nitrogens with one attached hydrogen (secondary N) is 1. The van der Waals surface area contributed by atoms with Crippen molar-refractivity contribution in [3.05, 3.63) is 28.2 Å². The van der Waals surface area contributed by atoms with Crippen molar-refractivity contribution in [2.75, 3.05) is 20.3 Å². The van der Waals surface area contributed by atoms with Crippen molar-refractivity contribution in [2.45, 2.75) is 6.42 Å². The number of hydrogen-bond acceptors (Lipinski definition) is 4. The molecule has 0 bridgehead atoms. The van der Waals surface area contributed by atoms with Crippen molar-refractivity contribution < 1.29 is 19.1 Å². The maximum absolute atomic E-state index is 11.3. The summed E-state index contributed by atoms with van der Waals surface area (Å²) in [7, 11) is 1.25. The highest BCUT2D eigenvalue weighted by Gasteiger charge is 2.08. The summed E-state index contributed by atoms with van der Waals surface area (Å²) < 4.78 is 9.71. The Morgan fingerprint density at radius 2 is 2.05 bits per heavy atom. The Hall–Kier alpha value is -1.46. The van der Waals surface area contributed by atoms with E-state index in [4.69, 9.17) is 27.9 Å². The molecule has 0 saturated carbocycles. The van der Waals surface area contributed by atoms with E-state index in [0.29, 0.717) is 15.8 Å². The lowest BCUT2D eigenvalue weighted by Crippen LogP contribution is -2.30. The number of ether oxygens (including phenoxy) is 2. The topological polar surface area (TPSA) is 64.6 Å². The van der Waals surface area contributed by atoms with Crippen LogP contribution < -0.4 is 10.1 Å². The Morgan fingerprint density at radius 1 is 1.32 bits per heavy atom. The van der Waals surface area contributed by atoms with Crippen LogP contribution in [0.4, 0.5) is 0 Å². The van der Waals surface area contributed by atoms with Crippen molar-refractivity contribution in [1.29, 1.82) is 0 Å². The van der Waals surface area contributed by atoms with E-state index in [1.807, 2.05) is 0 Å². The number of halogens is 2. The summed E-state index contributed by atoms with van der Waals surface area (Å²) in [6.07, 6.45) is 0.0971. The van der Waals surface area contributed by atoms with Crippen LogP contribution in [-0.4, -0.2) is 32.1 Å². The molecule has 0 fully saturated rings. The lowest BCUT2D eigenvalue weighted by Gasteiger charge is -2.08. The van der Waals surface area contributed by atoms with Gasteiger partial charge in [0.25, 0.3) is 0 Å². The first-order valence-corrected chi connectivity index (χ1v) is 6.20. The van der Waals surface area contributed by atoms with Crippen molar-refractivity contribution in [2.24, 2.45) is 0 Å². The molecule has 0 aromatic heterocycles. The highest BCUT2D eigenvalue weighted by atomic mass is 35.5. The minimum absolute atomic E-state index is 0.0971.